The third kappa shape index (κ3) is 4.88. The fraction of sp³-hybridized carbons (Fsp3) is 0.385. The van der Waals surface area contributed by atoms with E-state index in [-0.39, 0.29) is 17.9 Å². The van der Waals surface area contributed by atoms with E-state index in [0.717, 1.165) is 0 Å². The normalized spacial score (nSPS) is 11.8. The van der Waals surface area contributed by atoms with Crippen molar-refractivity contribution in [3.8, 4) is 0 Å². The number of aliphatic hydroxyl groups excluding tert-OH is 1. The molecule has 0 aliphatic carbocycles. The van der Waals surface area contributed by atoms with Crippen LogP contribution >= 0.6 is 31.9 Å². The quantitative estimate of drug-likeness (QED) is 0.734. The van der Waals surface area contributed by atoms with Crippen LogP contribution in [0.3, 0.4) is 0 Å². The van der Waals surface area contributed by atoms with Crippen LogP contribution in [-0.2, 0) is 9.53 Å². The smallest absolute Gasteiger partial charge is 0.340 e. The van der Waals surface area contributed by atoms with Crippen molar-refractivity contribution >= 4 is 49.4 Å². The highest BCUT2D eigenvalue weighted by molar-refractivity contribution is 9.11. The first-order chi connectivity index (χ1) is 9.35. The summed E-state index contributed by atoms with van der Waals surface area (Å²) < 4.78 is 5.95. The molecule has 20 heavy (non-hydrogen) atoms. The number of nitrogens with one attached hydrogen (secondary N) is 1. The van der Waals surface area contributed by atoms with Gasteiger partial charge in [0.1, 0.15) is 0 Å². The largest absolute Gasteiger partial charge is 0.465 e. The van der Waals surface area contributed by atoms with Crippen molar-refractivity contribution in [1.29, 1.82) is 0 Å². The molecule has 0 saturated heterocycles. The van der Waals surface area contributed by atoms with E-state index < -0.39 is 12.1 Å². The molecule has 1 rings (SSSR count). The second kappa shape index (κ2) is 7.75. The maximum atomic E-state index is 11.8. The van der Waals surface area contributed by atoms with E-state index in [2.05, 4.69) is 37.2 Å². The van der Waals surface area contributed by atoms with Crippen LogP contribution in [0.25, 0.3) is 0 Å². The first-order valence-electron chi connectivity index (χ1n) is 5.90. The summed E-state index contributed by atoms with van der Waals surface area (Å²) in [6.07, 6.45) is -0.0249. The molecule has 7 heteroatoms. The Balaban J connectivity index is 2.98. The predicted molar refractivity (Wildman–Crippen MR) is 82.7 cm³/mol. The van der Waals surface area contributed by atoms with Crippen LogP contribution < -0.4 is 5.32 Å². The summed E-state index contributed by atoms with van der Waals surface area (Å²) in [5, 5.41) is 11.8. The molecule has 1 unspecified atom stereocenters. The minimum Gasteiger partial charge on any atom is -0.465 e. The zero-order chi connectivity index (χ0) is 15.3. The first-order valence-corrected chi connectivity index (χ1v) is 7.49. The van der Waals surface area contributed by atoms with Crippen molar-refractivity contribution < 1.29 is 19.4 Å². The van der Waals surface area contributed by atoms with E-state index in [1.807, 2.05) is 0 Å². The molecule has 1 amide bonds. The van der Waals surface area contributed by atoms with Gasteiger partial charge in [-0.3, -0.25) is 4.79 Å². The Kier molecular flexibility index (Phi) is 6.64. The molecule has 5 nitrogen and oxygen atoms in total. The Labute approximate surface area is 134 Å². The molecular weight excluding hydrogens is 394 g/mol. The summed E-state index contributed by atoms with van der Waals surface area (Å²) in [5.74, 6) is -0.822. The number of esters is 1. The van der Waals surface area contributed by atoms with Crippen LogP contribution in [-0.4, -0.2) is 30.2 Å². The Bertz CT molecular complexity index is 517. The molecule has 1 atom stereocenters. The Morgan fingerprint density at radius 3 is 2.60 bits per heavy atom. The number of anilines is 1. The van der Waals surface area contributed by atoms with Gasteiger partial charge in [0.2, 0.25) is 5.91 Å². The molecule has 1 aromatic carbocycles. The van der Waals surface area contributed by atoms with Crippen LogP contribution in [0.15, 0.2) is 21.1 Å². The number of hydrogen-bond acceptors (Lipinski definition) is 4. The van der Waals surface area contributed by atoms with Gasteiger partial charge in [-0.2, -0.15) is 0 Å². The minimum atomic E-state index is -0.547. The van der Waals surface area contributed by atoms with Crippen molar-refractivity contribution in [2.24, 2.45) is 0 Å². The van der Waals surface area contributed by atoms with Crippen LogP contribution in [0.1, 0.15) is 30.1 Å². The standard InChI is InChI=1S/C13H15Br2NO4/c1-7(17)3-4-11(18)16-12-9(13(19)20-2)5-8(14)6-10(12)15/h5-7,17H,3-4H2,1-2H3,(H,16,18). The minimum absolute atomic E-state index is 0.167. The van der Waals surface area contributed by atoms with Gasteiger partial charge in [0.25, 0.3) is 0 Å². The van der Waals surface area contributed by atoms with Gasteiger partial charge in [-0.25, -0.2) is 4.79 Å². The number of hydrogen-bond donors (Lipinski definition) is 2. The zero-order valence-corrected chi connectivity index (χ0v) is 14.2. The van der Waals surface area contributed by atoms with Crippen LogP contribution in [0.2, 0.25) is 0 Å². The van der Waals surface area contributed by atoms with Gasteiger partial charge < -0.3 is 15.2 Å². The summed E-state index contributed by atoms with van der Waals surface area (Å²) in [4.78, 5) is 23.5. The van der Waals surface area contributed by atoms with Crippen LogP contribution in [0, 0.1) is 0 Å². The van der Waals surface area contributed by atoms with Gasteiger partial charge in [-0.1, -0.05) is 15.9 Å². The lowest BCUT2D eigenvalue weighted by Crippen LogP contribution is -2.17. The number of ether oxygens (including phenoxy) is 1. The van der Waals surface area contributed by atoms with E-state index in [4.69, 9.17) is 9.84 Å². The van der Waals surface area contributed by atoms with Gasteiger partial charge >= 0.3 is 5.97 Å². The fourth-order valence-electron chi connectivity index (χ4n) is 1.51. The molecule has 2 N–H and O–H groups in total. The number of halogens is 2. The maximum Gasteiger partial charge on any atom is 0.340 e. The monoisotopic (exact) mass is 407 g/mol. The average molecular weight is 409 g/mol. The molecule has 0 aromatic heterocycles. The number of amides is 1. The third-order valence-corrected chi connectivity index (χ3v) is 3.60. The fourth-order valence-corrected chi connectivity index (χ4v) is 2.84. The highest BCUT2D eigenvalue weighted by Crippen LogP contribution is 2.31. The second-order valence-corrected chi connectivity index (χ2v) is 6.01. The first kappa shape index (κ1) is 17.1. The molecule has 0 aliphatic rings. The molecular formula is C13H15Br2NO4. The number of aliphatic hydroxyl groups is 1. The number of carbonyl (C=O) groups excluding carboxylic acids is 2. The Morgan fingerprint density at radius 2 is 2.05 bits per heavy atom. The van der Waals surface area contributed by atoms with E-state index in [9.17, 15) is 9.59 Å². The lowest BCUT2D eigenvalue weighted by molar-refractivity contribution is -0.116. The SMILES string of the molecule is COC(=O)c1cc(Br)cc(Br)c1NC(=O)CCC(C)O. The number of benzene rings is 1. The summed E-state index contributed by atoms with van der Waals surface area (Å²) >= 11 is 6.58. The van der Waals surface area contributed by atoms with Gasteiger partial charge in [-0.15, -0.1) is 0 Å². The van der Waals surface area contributed by atoms with Crippen molar-refractivity contribution in [2.75, 3.05) is 12.4 Å². The van der Waals surface area contributed by atoms with E-state index in [1.165, 1.54) is 7.11 Å². The molecule has 0 spiro atoms. The molecule has 0 heterocycles. The average Bonchev–Trinajstić information content (AvgIpc) is 2.38. The molecule has 110 valence electrons. The second-order valence-electron chi connectivity index (χ2n) is 4.24. The molecule has 0 bridgehead atoms. The Morgan fingerprint density at radius 1 is 1.40 bits per heavy atom. The highest BCUT2D eigenvalue weighted by atomic mass is 79.9. The van der Waals surface area contributed by atoms with E-state index >= 15 is 0 Å². The highest BCUT2D eigenvalue weighted by Gasteiger charge is 2.18. The van der Waals surface area contributed by atoms with Gasteiger partial charge in [0.05, 0.1) is 24.5 Å². The van der Waals surface area contributed by atoms with E-state index in [1.54, 1.807) is 19.1 Å². The number of methoxy groups -OCH3 is 1. The maximum absolute atomic E-state index is 11.8. The molecule has 0 fully saturated rings. The Hall–Kier alpha value is -0.920. The summed E-state index contributed by atoms with van der Waals surface area (Å²) in [7, 11) is 1.27. The van der Waals surface area contributed by atoms with Crippen molar-refractivity contribution in [2.45, 2.75) is 25.9 Å². The van der Waals surface area contributed by atoms with Crippen molar-refractivity contribution in [3.63, 3.8) is 0 Å². The number of rotatable bonds is 5. The van der Waals surface area contributed by atoms with E-state index in [0.29, 0.717) is 21.1 Å². The molecule has 0 saturated carbocycles. The van der Waals surface area contributed by atoms with Gasteiger partial charge in [0, 0.05) is 15.4 Å². The molecule has 1 aromatic rings. The third-order valence-electron chi connectivity index (χ3n) is 2.51. The van der Waals surface area contributed by atoms with Crippen molar-refractivity contribution in [3.05, 3.63) is 26.6 Å². The van der Waals surface area contributed by atoms with Crippen molar-refractivity contribution in [1.82, 2.24) is 0 Å². The van der Waals surface area contributed by atoms with Gasteiger partial charge in [-0.05, 0) is 41.4 Å². The topological polar surface area (TPSA) is 75.6 Å². The van der Waals surface area contributed by atoms with Crippen LogP contribution in [0.5, 0.6) is 0 Å². The van der Waals surface area contributed by atoms with Crippen LogP contribution in [0.4, 0.5) is 5.69 Å². The zero-order valence-electron chi connectivity index (χ0n) is 11.1. The lowest BCUT2D eigenvalue weighted by atomic mass is 10.1. The lowest BCUT2D eigenvalue weighted by Gasteiger charge is -2.13. The molecule has 0 aliphatic heterocycles. The summed E-state index contributed by atoms with van der Waals surface area (Å²) in [6.45, 7) is 1.61. The molecule has 0 radical (unpaired) electrons. The van der Waals surface area contributed by atoms with Gasteiger partial charge in [0.15, 0.2) is 0 Å². The predicted octanol–water partition coefficient (Wildman–Crippen LogP) is 3.10. The summed E-state index contributed by atoms with van der Waals surface area (Å²) in [6, 6.07) is 3.29. The summed E-state index contributed by atoms with van der Waals surface area (Å²) in [5.41, 5.74) is 0.606. The number of carbonyl (C=O) groups is 2.